The number of nitrogens with one attached hydrogen (secondary N) is 2. The molecule has 2 aromatic rings. The van der Waals surface area contributed by atoms with Crippen molar-refractivity contribution in [3.05, 3.63) is 36.4 Å². The quantitative estimate of drug-likeness (QED) is 0.440. The number of aromatic nitrogens is 1. The molecule has 2 aliphatic heterocycles. The molecule has 0 radical (unpaired) electrons. The summed E-state index contributed by atoms with van der Waals surface area (Å²) in [6, 6.07) is 10.9. The van der Waals surface area contributed by atoms with Gasteiger partial charge in [0.2, 0.25) is 15.9 Å². The number of fused-ring (bicyclic) bond motifs is 1. The highest BCUT2D eigenvalue weighted by Gasteiger charge is 2.36. The van der Waals surface area contributed by atoms with Crippen LogP contribution in [0, 0.1) is 5.92 Å². The largest absolute Gasteiger partial charge is 0.341 e. The lowest BCUT2D eigenvalue weighted by Gasteiger charge is -2.42. The molecule has 1 saturated heterocycles. The lowest BCUT2D eigenvalue weighted by molar-refractivity contribution is -0.119. The van der Waals surface area contributed by atoms with Gasteiger partial charge in [-0.25, -0.2) is 18.1 Å². The molecule has 4 aliphatic rings. The van der Waals surface area contributed by atoms with E-state index in [-0.39, 0.29) is 28.9 Å². The summed E-state index contributed by atoms with van der Waals surface area (Å²) in [6.07, 6.45) is 6.62. The van der Waals surface area contributed by atoms with Gasteiger partial charge in [0.1, 0.15) is 11.9 Å². The maximum Gasteiger partial charge on any atom is 0.249 e. The number of likely N-dealkylation sites (N-methyl/N-ethyl adjacent to an activating group) is 1. The van der Waals surface area contributed by atoms with E-state index in [1.54, 1.807) is 30.1 Å². The fourth-order valence-corrected chi connectivity index (χ4v) is 8.42. The van der Waals surface area contributed by atoms with E-state index in [4.69, 9.17) is 4.98 Å². The Bertz CT molecular complexity index is 1410. The molecular weight excluding hydrogens is 562 g/mol. The highest BCUT2D eigenvalue weighted by Crippen LogP contribution is 2.37. The topological polar surface area (TPSA) is 101 Å². The number of rotatable bonds is 9. The number of amides is 1. The minimum absolute atomic E-state index is 0.0320. The molecule has 1 amide bonds. The molecule has 10 nitrogen and oxygen atoms in total. The first-order chi connectivity index (χ1) is 20.6. The minimum Gasteiger partial charge on any atom is -0.341 e. The highest BCUT2D eigenvalue weighted by atomic mass is 32.2. The molecule has 43 heavy (non-hydrogen) atoms. The predicted octanol–water partition coefficient (Wildman–Crippen LogP) is 4.02. The number of carbonyl (C=O) groups is 1. The zero-order valence-corrected chi connectivity index (χ0v) is 26.8. The number of nitrogens with zero attached hydrogens (tertiary/aromatic N) is 5. The van der Waals surface area contributed by atoms with E-state index in [0.29, 0.717) is 17.5 Å². The number of hydrogen-bond donors (Lipinski definition) is 2. The van der Waals surface area contributed by atoms with Crippen LogP contribution in [0.2, 0.25) is 0 Å². The van der Waals surface area contributed by atoms with Crippen molar-refractivity contribution in [2.24, 2.45) is 5.92 Å². The van der Waals surface area contributed by atoms with Gasteiger partial charge in [-0.15, -0.1) is 0 Å². The first-order valence-electron chi connectivity index (χ1n) is 16.0. The fraction of sp³-hybridized carbons (Fsp3) is 0.625. The Morgan fingerprint density at radius 2 is 1.70 bits per heavy atom. The summed E-state index contributed by atoms with van der Waals surface area (Å²) in [6.45, 7) is 11.9. The SMILES string of the molecule is CC(C)N1c2nc(Nc3cccc(S(=O)(=O)NC4CCC(N5CCN(CC6CC6)CC5)CC4)c3)ccc2N(C)C(=O)[C@H]1C. The van der Waals surface area contributed by atoms with Crippen molar-refractivity contribution in [2.75, 3.05) is 54.9 Å². The van der Waals surface area contributed by atoms with Crippen molar-refractivity contribution >= 4 is 38.9 Å². The van der Waals surface area contributed by atoms with E-state index in [1.165, 1.54) is 32.5 Å². The Morgan fingerprint density at radius 1 is 0.977 bits per heavy atom. The van der Waals surface area contributed by atoms with Crippen LogP contribution in [0.4, 0.5) is 23.0 Å². The number of piperazine rings is 1. The van der Waals surface area contributed by atoms with Gasteiger partial charge in [-0.05, 0) is 95.5 Å². The van der Waals surface area contributed by atoms with Crippen LogP contribution < -0.4 is 19.8 Å². The zero-order valence-electron chi connectivity index (χ0n) is 26.0. The summed E-state index contributed by atoms with van der Waals surface area (Å²) < 4.78 is 29.8. The van der Waals surface area contributed by atoms with E-state index < -0.39 is 10.0 Å². The molecule has 0 bridgehead atoms. The van der Waals surface area contributed by atoms with Gasteiger partial charge in [0.25, 0.3) is 0 Å². The molecule has 234 valence electrons. The Balaban J connectivity index is 1.06. The Kier molecular flexibility index (Phi) is 8.70. The monoisotopic (exact) mass is 609 g/mol. The molecule has 1 aromatic carbocycles. The Morgan fingerprint density at radius 3 is 2.37 bits per heavy atom. The normalized spacial score (nSPS) is 25.7. The van der Waals surface area contributed by atoms with E-state index in [2.05, 4.69) is 19.8 Å². The summed E-state index contributed by atoms with van der Waals surface area (Å²) in [5, 5.41) is 3.29. The molecule has 3 heterocycles. The molecule has 1 aromatic heterocycles. The molecule has 11 heteroatoms. The van der Waals surface area contributed by atoms with Crippen LogP contribution >= 0.6 is 0 Å². The molecule has 0 spiro atoms. The van der Waals surface area contributed by atoms with Crippen molar-refractivity contribution in [1.82, 2.24) is 19.5 Å². The smallest absolute Gasteiger partial charge is 0.249 e. The van der Waals surface area contributed by atoms with Crippen LogP contribution in [0.15, 0.2) is 41.3 Å². The van der Waals surface area contributed by atoms with E-state index >= 15 is 0 Å². The molecule has 2 N–H and O–H groups in total. The van der Waals surface area contributed by atoms with Gasteiger partial charge in [0.05, 0.1) is 10.6 Å². The van der Waals surface area contributed by atoms with Crippen LogP contribution in [0.25, 0.3) is 0 Å². The number of carbonyl (C=O) groups excluding carboxylic acids is 1. The van der Waals surface area contributed by atoms with Crippen molar-refractivity contribution in [3.63, 3.8) is 0 Å². The van der Waals surface area contributed by atoms with Gasteiger partial charge in [-0.1, -0.05) is 6.07 Å². The average Bonchev–Trinajstić information content (AvgIpc) is 3.81. The second-order valence-corrected chi connectivity index (χ2v) is 14.9. The number of anilines is 4. The van der Waals surface area contributed by atoms with Crippen LogP contribution in [0.5, 0.6) is 0 Å². The molecular formula is C32H47N7O3S. The van der Waals surface area contributed by atoms with E-state index in [9.17, 15) is 13.2 Å². The van der Waals surface area contributed by atoms with Crippen LogP contribution in [0.3, 0.4) is 0 Å². The van der Waals surface area contributed by atoms with Gasteiger partial charge in [0, 0.05) is 63.6 Å². The summed E-state index contributed by atoms with van der Waals surface area (Å²) in [7, 11) is -1.90. The van der Waals surface area contributed by atoms with Gasteiger partial charge in [-0.3, -0.25) is 9.69 Å². The summed E-state index contributed by atoms with van der Waals surface area (Å²) >= 11 is 0. The lowest BCUT2D eigenvalue weighted by atomic mass is 9.90. The van der Waals surface area contributed by atoms with Crippen molar-refractivity contribution in [1.29, 1.82) is 0 Å². The average molecular weight is 610 g/mol. The predicted molar refractivity (Wildman–Crippen MR) is 172 cm³/mol. The maximum absolute atomic E-state index is 13.4. The van der Waals surface area contributed by atoms with Crippen molar-refractivity contribution < 1.29 is 13.2 Å². The number of benzene rings is 1. The molecule has 1 atom stereocenters. The highest BCUT2D eigenvalue weighted by molar-refractivity contribution is 7.89. The van der Waals surface area contributed by atoms with Gasteiger partial charge in [-0.2, -0.15) is 0 Å². The molecule has 0 unspecified atom stereocenters. The molecule has 2 saturated carbocycles. The fourth-order valence-electron chi connectivity index (χ4n) is 7.07. The van der Waals surface area contributed by atoms with E-state index in [0.717, 1.165) is 56.2 Å². The third kappa shape index (κ3) is 6.69. The summed E-state index contributed by atoms with van der Waals surface area (Å²) in [5.41, 5.74) is 1.40. The minimum atomic E-state index is -3.67. The van der Waals surface area contributed by atoms with Crippen molar-refractivity contribution in [3.8, 4) is 0 Å². The molecule has 3 fully saturated rings. The summed E-state index contributed by atoms with van der Waals surface area (Å²) in [4.78, 5) is 26.8. The second-order valence-electron chi connectivity index (χ2n) is 13.2. The molecule has 6 rings (SSSR count). The first kappa shape index (κ1) is 30.3. The third-order valence-corrected chi connectivity index (χ3v) is 11.2. The maximum atomic E-state index is 13.4. The summed E-state index contributed by atoms with van der Waals surface area (Å²) in [5.74, 6) is 2.30. The Hall–Kier alpha value is -2.73. The Labute approximate surface area is 256 Å². The number of hydrogen-bond acceptors (Lipinski definition) is 8. The van der Waals surface area contributed by atoms with Crippen LogP contribution in [-0.2, 0) is 14.8 Å². The van der Waals surface area contributed by atoms with Crippen LogP contribution in [-0.4, -0.2) is 93.0 Å². The lowest BCUT2D eigenvalue weighted by Crippen LogP contribution is -2.53. The molecule has 2 aliphatic carbocycles. The number of pyridine rings is 1. The van der Waals surface area contributed by atoms with Gasteiger partial charge in [0.15, 0.2) is 5.82 Å². The van der Waals surface area contributed by atoms with Crippen molar-refractivity contribution in [2.45, 2.75) is 88.4 Å². The second kappa shape index (κ2) is 12.3. The standard InChI is InChI=1S/C32H47N7O3S/c1-22(2)39-23(3)32(40)36(4)29-14-15-30(34-31(29)39)33-26-6-5-7-28(20-26)43(41,42)35-25-10-12-27(13-11-25)38-18-16-37(17-19-38)21-24-8-9-24/h5-7,14-15,20,22-25,27,35H,8-13,16-19,21H2,1-4H3,(H,33,34)/t23-,25?,27?/m1/s1. The first-order valence-corrected chi connectivity index (χ1v) is 17.5. The van der Waals surface area contributed by atoms with E-state index in [1.807, 2.05) is 43.9 Å². The number of sulfonamides is 1. The van der Waals surface area contributed by atoms with Gasteiger partial charge < -0.3 is 20.0 Å². The van der Waals surface area contributed by atoms with Crippen LogP contribution in [0.1, 0.15) is 59.3 Å². The third-order valence-electron chi connectivity index (χ3n) is 9.69. The van der Waals surface area contributed by atoms with Gasteiger partial charge >= 0.3 is 0 Å². The zero-order chi connectivity index (χ0) is 30.3.